The van der Waals surface area contributed by atoms with Crippen LogP contribution in [0.4, 0.5) is 5.69 Å². The summed E-state index contributed by atoms with van der Waals surface area (Å²) in [5.41, 5.74) is 7.97. The normalized spacial score (nSPS) is 29.0. The number of carbonyl (C=O) groups excluding carboxylic acids is 4. The molecule has 0 unspecified atom stereocenters. The lowest BCUT2D eigenvalue weighted by molar-refractivity contribution is -0.147. The molecule has 0 bridgehead atoms. The van der Waals surface area contributed by atoms with E-state index in [9.17, 15) is 19.2 Å². The van der Waals surface area contributed by atoms with Crippen LogP contribution >= 0.6 is 0 Å². The lowest BCUT2D eigenvalue weighted by atomic mass is 9.88. The van der Waals surface area contributed by atoms with Crippen LogP contribution in [0.3, 0.4) is 0 Å². The number of nitrogens with one attached hydrogen (secondary N) is 2. The Kier molecular flexibility index (Phi) is 14.6. The highest BCUT2D eigenvalue weighted by Gasteiger charge is 2.51. The summed E-state index contributed by atoms with van der Waals surface area (Å²) in [5, 5.41) is 5.82. The summed E-state index contributed by atoms with van der Waals surface area (Å²) in [7, 11) is 1.39. The molecule has 0 aromatic heterocycles. The third-order valence-electron chi connectivity index (χ3n) is 9.63. The van der Waals surface area contributed by atoms with Crippen LogP contribution in [0.25, 0.3) is 0 Å². The average Bonchev–Trinajstić information content (AvgIpc) is 3.83. The minimum atomic E-state index is -0.654. The molecule has 2 amide bonds. The first kappa shape index (κ1) is 39.9. The maximum atomic E-state index is 12.8. The molecule has 51 heavy (non-hydrogen) atoms. The van der Waals surface area contributed by atoms with Crippen molar-refractivity contribution in [2.75, 3.05) is 19.0 Å². The Hall–Kier alpha value is -3.84. The number of aryl methyl sites for hydroxylation is 1. The van der Waals surface area contributed by atoms with E-state index >= 15 is 0 Å². The van der Waals surface area contributed by atoms with Gasteiger partial charge >= 0.3 is 11.9 Å². The molecule has 9 atom stereocenters. The zero-order valence-corrected chi connectivity index (χ0v) is 30.7. The maximum Gasteiger partial charge on any atom is 0.308 e. The van der Waals surface area contributed by atoms with Gasteiger partial charge in [0.15, 0.2) is 0 Å². The molecule has 3 heterocycles. The fourth-order valence-corrected chi connectivity index (χ4v) is 6.49. The number of hydrogen-bond acceptors (Lipinski definition) is 10. The van der Waals surface area contributed by atoms with E-state index in [1.807, 2.05) is 32.1 Å². The van der Waals surface area contributed by atoms with Crippen LogP contribution in [-0.2, 0) is 49.3 Å². The second-order valence-corrected chi connectivity index (χ2v) is 14.2. The van der Waals surface area contributed by atoms with Crippen LogP contribution in [0.1, 0.15) is 78.7 Å². The molecule has 1 aromatic rings. The monoisotopic (exact) mass is 709 g/mol. The van der Waals surface area contributed by atoms with Gasteiger partial charge in [-0.2, -0.15) is 0 Å². The van der Waals surface area contributed by atoms with E-state index in [2.05, 4.69) is 29.7 Å². The predicted octanol–water partition coefficient (Wildman–Crippen LogP) is 4.46. The van der Waals surface area contributed by atoms with Crippen LogP contribution in [0.5, 0.6) is 0 Å². The van der Waals surface area contributed by atoms with E-state index < -0.39 is 18.1 Å². The fourth-order valence-electron chi connectivity index (χ4n) is 6.49. The van der Waals surface area contributed by atoms with Crippen LogP contribution in [0.2, 0.25) is 0 Å². The summed E-state index contributed by atoms with van der Waals surface area (Å²) in [4.78, 5) is 49.1. The highest BCUT2D eigenvalue weighted by atomic mass is 16.6. The van der Waals surface area contributed by atoms with Gasteiger partial charge in [0.25, 0.3) is 0 Å². The summed E-state index contributed by atoms with van der Waals surface area (Å²) >= 11 is 0. The fraction of sp³-hybridized carbons (Fsp3) is 0.590. The van der Waals surface area contributed by atoms with Crippen molar-refractivity contribution in [2.24, 2.45) is 11.7 Å². The number of carbonyl (C=O) groups is 4. The van der Waals surface area contributed by atoms with Crippen LogP contribution in [0.15, 0.2) is 60.2 Å². The zero-order valence-electron chi connectivity index (χ0n) is 30.7. The number of ether oxygens (including phenoxy) is 5. The maximum absolute atomic E-state index is 12.8. The van der Waals surface area contributed by atoms with Crippen LogP contribution in [-0.4, -0.2) is 85.7 Å². The third kappa shape index (κ3) is 12.7. The molecular weight excluding hydrogens is 654 g/mol. The lowest BCUT2D eigenvalue weighted by Gasteiger charge is -2.39. The van der Waals surface area contributed by atoms with Crippen molar-refractivity contribution in [3.8, 4) is 0 Å². The van der Waals surface area contributed by atoms with Gasteiger partial charge in [-0.1, -0.05) is 48.9 Å². The Bertz CT molecular complexity index is 1470. The number of benzene rings is 1. The Morgan fingerprint density at radius 1 is 1.08 bits per heavy atom. The van der Waals surface area contributed by atoms with Gasteiger partial charge in [0.2, 0.25) is 11.8 Å². The van der Waals surface area contributed by atoms with E-state index in [4.69, 9.17) is 29.4 Å². The summed E-state index contributed by atoms with van der Waals surface area (Å²) in [6.07, 6.45) is 11.8. The van der Waals surface area contributed by atoms with Gasteiger partial charge in [0.05, 0.1) is 62.2 Å². The molecule has 12 heteroatoms. The molecule has 1 aromatic carbocycles. The number of rotatable bonds is 15. The van der Waals surface area contributed by atoms with Gasteiger partial charge in [-0.3, -0.25) is 19.2 Å². The lowest BCUT2D eigenvalue weighted by Crippen LogP contribution is -2.50. The van der Waals surface area contributed by atoms with E-state index in [1.165, 1.54) is 13.2 Å². The highest BCUT2D eigenvalue weighted by molar-refractivity contribution is 5.95. The molecule has 4 N–H and O–H groups in total. The van der Waals surface area contributed by atoms with E-state index in [1.54, 1.807) is 32.1 Å². The predicted molar refractivity (Wildman–Crippen MR) is 193 cm³/mol. The average molecular weight is 710 g/mol. The van der Waals surface area contributed by atoms with Gasteiger partial charge < -0.3 is 40.1 Å². The molecule has 0 saturated carbocycles. The van der Waals surface area contributed by atoms with Crippen molar-refractivity contribution in [3.63, 3.8) is 0 Å². The summed E-state index contributed by atoms with van der Waals surface area (Å²) in [6, 6.07) is 6.43. The van der Waals surface area contributed by atoms with Crippen LogP contribution < -0.4 is 16.4 Å². The Labute approximate surface area is 301 Å². The zero-order chi connectivity index (χ0) is 37.1. The molecule has 12 nitrogen and oxygen atoms in total. The Morgan fingerprint density at radius 2 is 1.82 bits per heavy atom. The number of epoxide rings is 1. The van der Waals surface area contributed by atoms with Crippen molar-refractivity contribution in [2.45, 2.75) is 128 Å². The number of nitrogens with two attached hydrogens (primary N) is 1. The standard InChI is InChI=1S/C39H55N3O9/c1-24(11-15-30-21-39(23-48-39)22-31(51-30)20-37(45)47-6)12-16-34-25(2)19-33(28(5)50-34)41-35(43)17-13-26(3)49-36(44)18-14-29-9-7-8-10-32(29)42-38(46)27(4)40/h7-13,15,17,25-28,30-31,33-34H,14,16,18-23,40H2,1-6H3,(H,41,43)(H,42,46)/b15-11+,17-13-,24-12+/t25-,26-,27-,28+,30+,31+,33+,34-,39+/m0/s1. The van der Waals surface area contributed by atoms with Crippen molar-refractivity contribution >= 4 is 29.4 Å². The van der Waals surface area contributed by atoms with Gasteiger partial charge in [-0.15, -0.1) is 0 Å². The molecule has 3 aliphatic rings. The van der Waals surface area contributed by atoms with E-state index in [0.29, 0.717) is 25.1 Å². The molecule has 4 rings (SSSR count). The molecule has 1 spiro atoms. The van der Waals surface area contributed by atoms with Crippen molar-refractivity contribution in [1.29, 1.82) is 0 Å². The van der Waals surface area contributed by atoms with Crippen molar-refractivity contribution < 1.29 is 42.9 Å². The van der Waals surface area contributed by atoms with Gasteiger partial charge in [0.1, 0.15) is 6.10 Å². The number of hydrogen-bond donors (Lipinski definition) is 3. The Morgan fingerprint density at radius 3 is 2.53 bits per heavy atom. The van der Waals surface area contributed by atoms with Gasteiger partial charge in [0, 0.05) is 31.0 Å². The number of amides is 2. The summed E-state index contributed by atoms with van der Waals surface area (Å²) in [6.45, 7) is 10.1. The number of para-hydroxylation sites is 1. The second kappa shape index (κ2) is 18.6. The SMILES string of the molecule is COC(=O)C[C@@H]1C[C@@]2(CO2)C[C@@H](/C=C/C(C)=C/C[C@@H]2O[C@H](C)[C@H](NC(=O)/C=C\[C@H](C)OC(=O)CCc3ccccc3NC(=O)[C@H](C)N)C[C@@H]2C)O1. The first-order chi connectivity index (χ1) is 24.3. The van der Waals surface area contributed by atoms with Gasteiger partial charge in [-0.25, -0.2) is 0 Å². The molecule has 3 saturated heterocycles. The minimum absolute atomic E-state index is 0.0115. The first-order valence-electron chi connectivity index (χ1n) is 17.9. The largest absolute Gasteiger partial charge is 0.469 e. The molecule has 0 aliphatic carbocycles. The smallest absolute Gasteiger partial charge is 0.308 e. The quantitative estimate of drug-likeness (QED) is 0.102. The minimum Gasteiger partial charge on any atom is -0.469 e. The molecule has 0 radical (unpaired) electrons. The van der Waals surface area contributed by atoms with Crippen LogP contribution in [0, 0.1) is 5.92 Å². The summed E-state index contributed by atoms with van der Waals surface area (Å²) in [5.74, 6) is -1.06. The molecule has 3 aliphatic heterocycles. The number of methoxy groups -OCH3 is 1. The first-order valence-corrected chi connectivity index (χ1v) is 17.9. The van der Waals surface area contributed by atoms with Crippen molar-refractivity contribution in [3.05, 3.63) is 65.8 Å². The van der Waals surface area contributed by atoms with Gasteiger partial charge in [-0.05, 0) is 70.6 Å². The van der Waals surface area contributed by atoms with E-state index in [0.717, 1.165) is 30.4 Å². The van der Waals surface area contributed by atoms with E-state index in [-0.39, 0.29) is 72.6 Å². The molecule has 3 fully saturated rings. The Balaban J connectivity index is 1.18. The molecule has 280 valence electrons. The number of allylic oxidation sites excluding steroid dienone is 2. The third-order valence-corrected chi connectivity index (χ3v) is 9.63. The number of esters is 2. The highest BCUT2D eigenvalue weighted by Crippen LogP contribution is 2.43. The molecular formula is C39H55N3O9. The second-order valence-electron chi connectivity index (χ2n) is 14.2. The topological polar surface area (TPSA) is 168 Å². The summed E-state index contributed by atoms with van der Waals surface area (Å²) < 4.78 is 28.5. The number of anilines is 1. The van der Waals surface area contributed by atoms with Crippen molar-refractivity contribution in [1.82, 2.24) is 5.32 Å².